The Hall–Kier alpha value is -3.87. The molecule has 0 unspecified atom stereocenters. The molecule has 1 aliphatic rings. The molecule has 4 nitrogen and oxygen atoms in total. The number of carbonyl (C=O) groups excluding carboxylic acids is 2. The first-order valence-electron chi connectivity index (χ1n) is 9.59. The highest BCUT2D eigenvalue weighted by Crippen LogP contribution is 2.34. The van der Waals surface area contributed by atoms with Crippen molar-refractivity contribution in [2.45, 2.75) is 13.3 Å². The summed E-state index contributed by atoms with van der Waals surface area (Å²) < 4.78 is 40.4. The van der Waals surface area contributed by atoms with E-state index in [-0.39, 0.29) is 17.0 Å². The fraction of sp³-hybridized carbons (Fsp3) is 0.0833. The van der Waals surface area contributed by atoms with Gasteiger partial charge in [-0.25, -0.2) is 18.1 Å². The summed E-state index contributed by atoms with van der Waals surface area (Å²) >= 11 is 0. The van der Waals surface area contributed by atoms with Crippen LogP contribution in [-0.4, -0.2) is 11.8 Å². The van der Waals surface area contributed by atoms with Gasteiger partial charge in [0.1, 0.15) is 11.5 Å². The number of nitrogens with one attached hydrogen (secondary N) is 1. The fourth-order valence-electron chi connectivity index (χ4n) is 3.36. The molecule has 0 radical (unpaired) electrons. The number of benzene rings is 3. The van der Waals surface area contributed by atoms with Crippen molar-refractivity contribution in [2.24, 2.45) is 0 Å². The van der Waals surface area contributed by atoms with Gasteiger partial charge in [-0.1, -0.05) is 31.2 Å². The molecule has 1 aliphatic heterocycles. The molecule has 1 N–H and O–H groups in total. The zero-order valence-corrected chi connectivity index (χ0v) is 16.5. The van der Waals surface area contributed by atoms with E-state index in [1.54, 1.807) is 12.1 Å². The molecule has 1 heterocycles. The smallest absolute Gasteiger partial charge is 0.282 e. The Morgan fingerprint density at radius 2 is 1.48 bits per heavy atom. The Labute approximate surface area is 176 Å². The first-order valence-corrected chi connectivity index (χ1v) is 9.59. The Kier molecular flexibility index (Phi) is 5.33. The molecular weight excluding hydrogens is 405 g/mol. The first kappa shape index (κ1) is 20.4. The van der Waals surface area contributed by atoms with E-state index < -0.39 is 29.3 Å². The van der Waals surface area contributed by atoms with Crippen LogP contribution in [0.1, 0.15) is 18.1 Å². The third-order valence-corrected chi connectivity index (χ3v) is 5.01. The van der Waals surface area contributed by atoms with Crippen molar-refractivity contribution in [1.29, 1.82) is 0 Å². The standard InChI is InChI=1S/C24H17F3N2O2/c1-2-14-3-10-18(11-4-14)29-23(30)21(15-5-7-16(25)8-6-15)22(24(29)31)28-17-9-12-19(26)20(27)13-17/h3-13,28H,2H2,1H3. The molecule has 0 saturated heterocycles. The number of amides is 2. The van der Waals surface area contributed by atoms with Gasteiger partial charge in [0.2, 0.25) is 0 Å². The van der Waals surface area contributed by atoms with E-state index in [4.69, 9.17) is 0 Å². The van der Waals surface area contributed by atoms with E-state index in [0.29, 0.717) is 11.3 Å². The maximum absolute atomic E-state index is 13.7. The summed E-state index contributed by atoms with van der Waals surface area (Å²) in [5, 5.41) is 2.74. The molecule has 0 aliphatic carbocycles. The second-order valence-electron chi connectivity index (χ2n) is 6.98. The first-order chi connectivity index (χ1) is 14.9. The molecule has 0 aromatic heterocycles. The van der Waals surface area contributed by atoms with Crippen LogP contribution in [0.4, 0.5) is 24.5 Å². The lowest BCUT2D eigenvalue weighted by Gasteiger charge is -2.16. The molecule has 2 amide bonds. The maximum Gasteiger partial charge on any atom is 0.282 e. The molecule has 0 fully saturated rings. The SMILES string of the molecule is CCc1ccc(N2C(=O)C(Nc3ccc(F)c(F)c3)=C(c3ccc(F)cc3)C2=O)cc1. The summed E-state index contributed by atoms with van der Waals surface area (Å²) in [5.41, 5.74) is 1.72. The fourth-order valence-corrected chi connectivity index (χ4v) is 3.36. The number of nitrogens with zero attached hydrogens (tertiary/aromatic N) is 1. The molecular formula is C24H17F3N2O2. The van der Waals surface area contributed by atoms with E-state index in [1.807, 2.05) is 19.1 Å². The summed E-state index contributed by atoms with van der Waals surface area (Å²) in [5.74, 6) is -3.89. The van der Waals surface area contributed by atoms with Crippen LogP contribution in [0.25, 0.3) is 5.57 Å². The average Bonchev–Trinajstić information content (AvgIpc) is 3.01. The predicted molar refractivity (Wildman–Crippen MR) is 112 cm³/mol. The monoisotopic (exact) mass is 422 g/mol. The second-order valence-corrected chi connectivity index (χ2v) is 6.98. The van der Waals surface area contributed by atoms with Crippen LogP contribution in [0.3, 0.4) is 0 Å². The van der Waals surface area contributed by atoms with Crippen molar-refractivity contribution in [3.8, 4) is 0 Å². The number of hydrogen-bond acceptors (Lipinski definition) is 3. The second kappa shape index (κ2) is 8.10. The summed E-state index contributed by atoms with van der Waals surface area (Å²) in [6, 6.07) is 15.1. The summed E-state index contributed by atoms with van der Waals surface area (Å²) in [7, 11) is 0. The van der Waals surface area contributed by atoms with E-state index in [2.05, 4.69) is 5.32 Å². The van der Waals surface area contributed by atoms with Crippen molar-refractivity contribution in [1.82, 2.24) is 0 Å². The number of carbonyl (C=O) groups is 2. The molecule has 31 heavy (non-hydrogen) atoms. The highest BCUT2D eigenvalue weighted by Gasteiger charge is 2.40. The maximum atomic E-state index is 13.7. The third-order valence-electron chi connectivity index (χ3n) is 5.01. The summed E-state index contributed by atoms with van der Waals surface area (Å²) in [6.45, 7) is 1.99. The van der Waals surface area contributed by atoms with Crippen LogP contribution in [-0.2, 0) is 16.0 Å². The molecule has 0 bridgehead atoms. The summed E-state index contributed by atoms with van der Waals surface area (Å²) in [4.78, 5) is 27.5. The van der Waals surface area contributed by atoms with Crippen LogP contribution in [0.5, 0.6) is 0 Å². The van der Waals surface area contributed by atoms with E-state index >= 15 is 0 Å². The third kappa shape index (κ3) is 3.82. The average molecular weight is 422 g/mol. The van der Waals surface area contributed by atoms with Gasteiger partial charge in [-0.15, -0.1) is 0 Å². The number of aryl methyl sites for hydroxylation is 1. The zero-order chi connectivity index (χ0) is 22.1. The van der Waals surface area contributed by atoms with Crippen LogP contribution in [0, 0.1) is 17.5 Å². The molecule has 4 rings (SSSR count). The number of halogens is 3. The van der Waals surface area contributed by atoms with Gasteiger partial charge in [0.05, 0.1) is 11.3 Å². The minimum atomic E-state index is -1.10. The van der Waals surface area contributed by atoms with Gasteiger partial charge in [-0.3, -0.25) is 9.59 Å². The Morgan fingerprint density at radius 1 is 0.806 bits per heavy atom. The van der Waals surface area contributed by atoms with Gasteiger partial charge >= 0.3 is 0 Å². The molecule has 3 aromatic rings. The van der Waals surface area contributed by atoms with Crippen molar-refractivity contribution < 1.29 is 22.8 Å². The molecule has 156 valence electrons. The van der Waals surface area contributed by atoms with Gasteiger partial charge in [0.15, 0.2) is 11.6 Å². The largest absolute Gasteiger partial charge is 0.350 e. The van der Waals surface area contributed by atoms with Crippen LogP contribution < -0.4 is 10.2 Å². The Morgan fingerprint density at radius 3 is 2.10 bits per heavy atom. The highest BCUT2D eigenvalue weighted by molar-refractivity contribution is 6.46. The van der Waals surface area contributed by atoms with E-state index in [1.165, 1.54) is 30.3 Å². The Balaban J connectivity index is 1.80. The minimum absolute atomic E-state index is 0.00861. The van der Waals surface area contributed by atoms with Gasteiger partial charge < -0.3 is 5.32 Å². The topological polar surface area (TPSA) is 49.4 Å². The van der Waals surface area contributed by atoms with Gasteiger partial charge in [-0.2, -0.15) is 0 Å². The highest BCUT2D eigenvalue weighted by atomic mass is 19.2. The number of imide groups is 1. The van der Waals surface area contributed by atoms with E-state index in [0.717, 1.165) is 29.0 Å². The summed E-state index contributed by atoms with van der Waals surface area (Å²) in [6.07, 6.45) is 0.796. The lowest BCUT2D eigenvalue weighted by molar-refractivity contribution is -0.120. The quantitative estimate of drug-likeness (QED) is 0.585. The molecule has 0 saturated carbocycles. The van der Waals surface area contributed by atoms with Gasteiger partial charge in [0.25, 0.3) is 11.8 Å². The number of anilines is 2. The molecule has 3 aromatic carbocycles. The van der Waals surface area contributed by atoms with E-state index in [9.17, 15) is 22.8 Å². The van der Waals surface area contributed by atoms with Crippen molar-refractivity contribution >= 4 is 28.8 Å². The lowest BCUT2D eigenvalue weighted by atomic mass is 10.0. The van der Waals surface area contributed by atoms with Crippen molar-refractivity contribution in [2.75, 3.05) is 10.2 Å². The number of rotatable bonds is 5. The molecule has 0 spiro atoms. The minimum Gasteiger partial charge on any atom is -0.350 e. The Bertz CT molecular complexity index is 1200. The normalized spacial score (nSPS) is 13.9. The van der Waals surface area contributed by atoms with Gasteiger partial charge in [0, 0.05) is 11.8 Å². The predicted octanol–water partition coefficient (Wildman–Crippen LogP) is 5.06. The van der Waals surface area contributed by atoms with Crippen LogP contribution in [0.15, 0.2) is 72.4 Å². The van der Waals surface area contributed by atoms with Crippen LogP contribution >= 0.6 is 0 Å². The van der Waals surface area contributed by atoms with Crippen molar-refractivity contribution in [3.63, 3.8) is 0 Å². The number of hydrogen-bond donors (Lipinski definition) is 1. The van der Waals surface area contributed by atoms with Crippen molar-refractivity contribution in [3.05, 3.63) is 101 Å². The molecule has 0 atom stereocenters. The zero-order valence-electron chi connectivity index (χ0n) is 16.5. The molecule has 7 heteroatoms. The van der Waals surface area contributed by atoms with Crippen LogP contribution in [0.2, 0.25) is 0 Å². The van der Waals surface area contributed by atoms with Gasteiger partial charge in [-0.05, 0) is 53.9 Å². The lowest BCUT2D eigenvalue weighted by Crippen LogP contribution is -2.32.